The van der Waals surface area contributed by atoms with Gasteiger partial charge in [0.2, 0.25) is 0 Å². The molecule has 0 aromatic carbocycles. The molecule has 4 heterocycles. The Balaban J connectivity index is 1.50. The summed E-state index contributed by atoms with van der Waals surface area (Å²) < 4.78 is 6.76. The summed E-state index contributed by atoms with van der Waals surface area (Å²) in [4.78, 5) is 32.9. The van der Waals surface area contributed by atoms with Gasteiger partial charge in [0.15, 0.2) is 11.4 Å². The molecule has 2 amide bonds. The van der Waals surface area contributed by atoms with Gasteiger partial charge in [-0.15, -0.1) is 0 Å². The Kier molecular flexibility index (Phi) is 3.72. The van der Waals surface area contributed by atoms with Crippen molar-refractivity contribution < 1.29 is 14.0 Å². The summed E-state index contributed by atoms with van der Waals surface area (Å²) in [5, 5.41) is 4.34. The molecule has 8 heteroatoms. The fraction of sp³-hybridized carbons (Fsp3) is 0.294. The lowest BCUT2D eigenvalue weighted by molar-refractivity contribution is 0.0518. The van der Waals surface area contributed by atoms with Crippen LogP contribution in [0.1, 0.15) is 26.6 Å². The summed E-state index contributed by atoms with van der Waals surface area (Å²) in [6.07, 6.45) is 4.90. The zero-order chi connectivity index (χ0) is 17.4. The van der Waals surface area contributed by atoms with Crippen molar-refractivity contribution in [1.82, 2.24) is 24.4 Å². The molecule has 0 spiro atoms. The first-order chi connectivity index (χ1) is 12.1. The molecule has 0 N–H and O–H groups in total. The maximum Gasteiger partial charge on any atom is 0.289 e. The third-order valence-corrected chi connectivity index (χ3v) is 4.37. The molecule has 8 nitrogen and oxygen atoms in total. The highest BCUT2D eigenvalue weighted by Crippen LogP contribution is 2.17. The van der Waals surface area contributed by atoms with Crippen LogP contribution in [-0.4, -0.2) is 62.4 Å². The number of nitrogens with zero attached hydrogens (tertiary/aromatic N) is 5. The van der Waals surface area contributed by atoms with Gasteiger partial charge in [0.05, 0.1) is 12.0 Å². The number of furan rings is 1. The van der Waals surface area contributed by atoms with Gasteiger partial charge < -0.3 is 14.2 Å². The summed E-state index contributed by atoms with van der Waals surface area (Å²) in [6, 6.07) is 5.11. The average Bonchev–Trinajstić information content (AvgIpc) is 3.27. The maximum atomic E-state index is 12.9. The van der Waals surface area contributed by atoms with Crippen molar-refractivity contribution in [2.75, 3.05) is 26.2 Å². The average molecular weight is 339 g/mol. The van der Waals surface area contributed by atoms with Crippen LogP contribution in [0.25, 0.3) is 5.65 Å². The largest absolute Gasteiger partial charge is 0.459 e. The highest BCUT2D eigenvalue weighted by atomic mass is 16.3. The predicted molar refractivity (Wildman–Crippen MR) is 88.2 cm³/mol. The van der Waals surface area contributed by atoms with Crippen LogP contribution < -0.4 is 0 Å². The lowest BCUT2D eigenvalue weighted by atomic mass is 10.2. The lowest BCUT2D eigenvalue weighted by Crippen LogP contribution is -2.50. The van der Waals surface area contributed by atoms with E-state index in [4.69, 9.17) is 4.42 Å². The monoisotopic (exact) mass is 339 g/mol. The van der Waals surface area contributed by atoms with E-state index in [1.807, 2.05) is 0 Å². The number of fused-ring (bicyclic) bond motifs is 1. The quantitative estimate of drug-likeness (QED) is 0.701. The number of aryl methyl sites for hydroxylation is 1. The normalized spacial score (nSPS) is 14.9. The van der Waals surface area contributed by atoms with Crippen molar-refractivity contribution in [2.45, 2.75) is 6.92 Å². The first-order valence-electron chi connectivity index (χ1n) is 8.07. The molecule has 3 aromatic rings. The van der Waals surface area contributed by atoms with Gasteiger partial charge in [-0.25, -0.2) is 9.50 Å². The van der Waals surface area contributed by atoms with Gasteiger partial charge in [0, 0.05) is 38.6 Å². The van der Waals surface area contributed by atoms with Crippen LogP contribution in [0.4, 0.5) is 0 Å². The summed E-state index contributed by atoms with van der Waals surface area (Å²) in [5.41, 5.74) is 1.73. The van der Waals surface area contributed by atoms with E-state index in [0.717, 1.165) is 0 Å². The molecule has 1 saturated heterocycles. The van der Waals surface area contributed by atoms with E-state index in [2.05, 4.69) is 10.1 Å². The predicted octanol–water partition coefficient (Wildman–Crippen LogP) is 1.23. The Morgan fingerprint density at radius 3 is 2.48 bits per heavy atom. The van der Waals surface area contributed by atoms with Crippen LogP contribution in [0.15, 0.2) is 41.3 Å². The van der Waals surface area contributed by atoms with Crippen molar-refractivity contribution >= 4 is 17.5 Å². The first kappa shape index (κ1) is 15.4. The number of carbonyl (C=O) groups is 2. The molecule has 0 radical (unpaired) electrons. The summed E-state index contributed by atoms with van der Waals surface area (Å²) in [6.45, 7) is 3.68. The number of rotatable bonds is 2. The second-order valence-corrected chi connectivity index (χ2v) is 5.91. The molecule has 0 aliphatic carbocycles. The standard InChI is InChI=1S/C17H17N5O3/c1-12-14(15-18-5-3-6-22(15)19-12)17(24)21-9-7-20(8-10-21)16(23)13-4-2-11-25-13/h2-6,11H,7-10H2,1H3. The van der Waals surface area contributed by atoms with Crippen LogP contribution >= 0.6 is 0 Å². The van der Waals surface area contributed by atoms with Gasteiger partial charge in [-0.1, -0.05) is 0 Å². The van der Waals surface area contributed by atoms with Crippen molar-refractivity contribution in [2.24, 2.45) is 0 Å². The van der Waals surface area contributed by atoms with E-state index in [9.17, 15) is 9.59 Å². The molecule has 0 unspecified atom stereocenters. The van der Waals surface area contributed by atoms with Crippen LogP contribution in [-0.2, 0) is 0 Å². The molecule has 4 rings (SSSR count). The molecule has 25 heavy (non-hydrogen) atoms. The number of carbonyl (C=O) groups excluding carboxylic acids is 2. The zero-order valence-electron chi connectivity index (χ0n) is 13.8. The minimum absolute atomic E-state index is 0.101. The van der Waals surface area contributed by atoms with Gasteiger partial charge in [0.1, 0.15) is 5.56 Å². The molecular formula is C17H17N5O3. The summed E-state index contributed by atoms with van der Waals surface area (Å²) in [7, 11) is 0. The second kappa shape index (κ2) is 6.04. The number of hydrogen-bond acceptors (Lipinski definition) is 5. The maximum absolute atomic E-state index is 12.9. The van der Waals surface area contributed by atoms with Gasteiger partial charge >= 0.3 is 0 Å². The third kappa shape index (κ3) is 2.65. The van der Waals surface area contributed by atoms with Crippen LogP contribution in [0, 0.1) is 6.92 Å². The molecule has 0 saturated carbocycles. The topological polar surface area (TPSA) is 84.0 Å². The Bertz CT molecular complexity index is 923. The number of amides is 2. The van der Waals surface area contributed by atoms with E-state index < -0.39 is 0 Å². The lowest BCUT2D eigenvalue weighted by Gasteiger charge is -2.34. The Hall–Kier alpha value is -3.16. The van der Waals surface area contributed by atoms with Gasteiger partial charge in [-0.3, -0.25) is 9.59 Å². The van der Waals surface area contributed by atoms with Gasteiger partial charge in [-0.2, -0.15) is 5.10 Å². The van der Waals surface area contributed by atoms with Gasteiger partial charge in [0.25, 0.3) is 11.8 Å². The smallest absolute Gasteiger partial charge is 0.289 e. The van der Waals surface area contributed by atoms with E-state index in [-0.39, 0.29) is 11.8 Å². The van der Waals surface area contributed by atoms with E-state index in [0.29, 0.717) is 48.8 Å². The zero-order valence-corrected chi connectivity index (χ0v) is 13.8. The number of piperazine rings is 1. The van der Waals surface area contributed by atoms with E-state index in [1.54, 1.807) is 51.8 Å². The fourth-order valence-corrected chi connectivity index (χ4v) is 3.07. The van der Waals surface area contributed by atoms with Gasteiger partial charge in [-0.05, 0) is 25.1 Å². The van der Waals surface area contributed by atoms with Crippen molar-refractivity contribution in [3.63, 3.8) is 0 Å². The van der Waals surface area contributed by atoms with Crippen molar-refractivity contribution in [1.29, 1.82) is 0 Å². The highest BCUT2D eigenvalue weighted by Gasteiger charge is 2.29. The van der Waals surface area contributed by atoms with E-state index in [1.165, 1.54) is 6.26 Å². The van der Waals surface area contributed by atoms with E-state index >= 15 is 0 Å². The Labute approximate surface area is 143 Å². The molecule has 3 aromatic heterocycles. The Morgan fingerprint density at radius 2 is 1.80 bits per heavy atom. The molecule has 128 valence electrons. The van der Waals surface area contributed by atoms with Crippen LogP contribution in [0.5, 0.6) is 0 Å². The molecule has 1 aliphatic rings. The van der Waals surface area contributed by atoms with Crippen molar-refractivity contribution in [3.05, 3.63) is 53.9 Å². The highest BCUT2D eigenvalue weighted by molar-refractivity contribution is 6.01. The fourth-order valence-electron chi connectivity index (χ4n) is 3.07. The molecule has 1 fully saturated rings. The molecule has 1 aliphatic heterocycles. The van der Waals surface area contributed by atoms with Crippen LogP contribution in [0.3, 0.4) is 0 Å². The molecular weight excluding hydrogens is 322 g/mol. The summed E-state index contributed by atoms with van der Waals surface area (Å²) >= 11 is 0. The summed E-state index contributed by atoms with van der Waals surface area (Å²) in [5.74, 6) is 0.0738. The SMILES string of the molecule is Cc1nn2cccnc2c1C(=O)N1CCN(C(=O)c2ccco2)CC1. The molecule has 0 atom stereocenters. The number of hydrogen-bond donors (Lipinski definition) is 0. The third-order valence-electron chi connectivity index (χ3n) is 4.37. The van der Waals surface area contributed by atoms with Crippen LogP contribution in [0.2, 0.25) is 0 Å². The van der Waals surface area contributed by atoms with Crippen molar-refractivity contribution in [3.8, 4) is 0 Å². The Morgan fingerprint density at radius 1 is 1.08 bits per heavy atom. The first-order valence-corrected chi connectivity index (χ1v) is 8.07. The molecule has 0 bridgehead atoms. The minimum atomic E-state index is -0.147. The minimum Gasteiger partial charge on any atom is -0.459 e. The number of aromatic nitrogens is 3. The second-order valence-electron chi connectivity index (χ2n) is 5.91.